The largest absolute Gasteiger partial charge is 0.465 e. The van der Waals surface area contributed by atoms with E-state index in [2.05, 4.69) is 0 Å². The van der Waals surface area contributed by atoms with E-state index in [-0.39, 0.29) is 17.8 Å². The van der Waals surface area contributed by atoms with Crippen LogP contribution in [0.4, 0.5) is 0 Å². The molecule has 0 radical (unpaired) electrons. The summed E-state index contributed by atoms with van der Waals surface area (Å²) in [6.07, 6.45) is 2.43. The number of esters is 3. The lowest BCUT2D eigenvalue weighted by molar-refractivity contribution is -0.175. The monoisotopic (exact) mass is 450 g/mol. The second kappa shape index (κ2) is 16.3. The van der Waals surface area contributed by atoms with E-state index < -0.39 is 17.4 Å². The third-order valence-corrected chi connectivity index (χ3v) is 4.45. The van der Waals surface area contributed by atoms with Gasteiger partial charge in [-0.15, -0.1) is 0 Å². The molecule has 1 aromatic carbocycles. The molecule has 0 bridgehead atoms. The maximum Gasteiger partial charge on any atom is 0.338 e. The Morgan fingerprint density at radius 2 is 1.19 bits per heavy atom. The number of carbonyl (C=O) groups is 3. The van der Waals surface area contributed by atoms with Gasteiger partial charge in [0.25, 0.3) is 0 Å². The Labute approximate surface area is 194 Å². The van der Waals surface area contributed by atoms with Crippen molar-refractivity contribution in [1.82, 2.24) is 0 Å². The molecule has 0 heterocycles. The van der Waals surface area contributed by atoms with Crippen LogP contribution < -0.4 is 0 Å². The van der Waals surface area contributed by atoms with E-state index in [1.165, 1.54) is 0 Å². The van der Waals surface area contributed by atoms with E-state index in [0.717, 1.165) is 12.8 Å². The fourth-order valence-corrected chi connectivity index (χ4v) is 3.35. The molecule has 1 rings (SSSR count). The average molecular weight is 451 g/mol. The Bertz CT molecular complexity index is 634. The summed E-state index contributed by atoms with van der Waals surface area (Å²) in [4.78, 5) is 36.2. The van der Waals surface area contributed by atoms with Crippen molar-refractivity contribution in [3.8, 4) is 0 Å². The normalized spacial score (nSPS) is 10.9. The van der Waals surface area contributed by atoms with Crippen molar-refractivity contribution in [2.24, 2.45) is 17.3 Å². The zero-order valence-corrected chi connectivity index (χ0v) is 20.9. The van der Waals surface area contributed by atoms with Crippen LogP contribution in [-0.4, -0.2) is 37.7 Å². The Hall–Kier alpha value is -2.37. The summed E-state index contributed by atoms with van der Waals surface area (Å²) in [5.74, 6) is -0.673. The minimum absolute atomic E-state index is 0.215. The summed E-state index contributed by atoms with van der Waals surface area (Å²) in [6.45, 7) is 14.8. The van der Waals surface area contributed by atoms with E-state index in [0.29, 0.717) is 38.2 Å². The van der Waals surface area contributed by atoms with Gasteiger partial charge in [0.2, 0.25) is 0 Å². The molecule has 0 saturated carbocycles. The Kier molecular flexibility index (Phi) is 15.1. The van der Waals surface area contributed by atoms with Crippen LogP contribution in [0.3, 0.4) is 0 Å². The molecule has 0 amide bonds. The number of hydrogen-bond acceptors (Lipinski definition) is 6. The van der Waals surface area contributed by atoms with Crippen molar-refractivity contribution in [2.45, 2.75) is 74.1 Å². The van der Waals surface area contributed by atoms with Crippen molar-refractivity contribution in [1.29, 1.82) is 0 Å². The maximum atomic E-state index is 12.6. The SMILES string of the molecule is CCCOC(=O)C(CC(C)C)(CC(C)C)C(=O)OCCC.CCOC(=O)c1ccccc1. The molecule has 6 nitrogen and oxygen atoms in total. The zero-order valence-electron chi connectivity index (χ0n) is 20.9. The fraction of sp³-hybridized carbons (Fsp3) is 0.654. The molecule has 0 N–H and O–H groups in total. The fourth-order valence-electron chi connectivity index (χ4n) is 3.35. The van der Waals surface area contributed by atoms with Crippen LogP contribution in [-0.2, 0) is 23.8 Å². The minimum atomic E-state index is -1.16. The highest BCUT2D eigenvalue weighted by atomic mass is 16.6. The highest BCUT2D eigenvalue weighted by Gasteiger charge is 2.49. The predicted molar refractivity (Wildman–Crippen MR) is 126 cm³/mol. The van der Waals surface area contributed by atoms with Crippen LogP contribution in [0.25, 0.3) is 0 Å². The summed E-state index contributed by atoms with van der Waals surface area (Å²) in [5, 5.41) is 0. The molecule has 0 atom stereocenters. The first kappa shape index (κ1) is 29.6. The van der Waals surface area contributed by atoms with Gasteiger partial charge in [0.15, 0.2) is 5.41 Å². The van der Waals surface area contributed by atoms with E-state index in [9.17, 15) is 14.4 Å². The lowest BCUT2D eigenvalue weighted by Crippen LogP contribution is -2.44. The molecular formula is C26H42O6. The molecular weight excluding hydrogens is 408 g/mol. The highest BCUT2D eigenvalue weighted by Crippen LogP contribution is 2.37. The summed E-state index contributed by atoms with van der Waals surface area (Å²) in [5.41, 5.74) is -0.554. The van der Waals surface area contributed by atoms with Crippen molar-refractivity contribution < 1.29 is 28.6 Å². The van der Waals surface area contributed by atoms with Gasteiger partial charge in [0, 0.05) is 0 Å². The lowest BCUT2D eigenvalue weighted by Gasteiger charge is -2.32. The van der Waals surface area contributed by atoms with Crippen LogP contribution in [0.2, 0.25) is 0 Å². The molecule has 0 unspecified atom stereocenters. The first-order valence-corrected chi connectivity index (χ1v) is 11.7. The van der Waals surface area contributed by atoms with E-state index in [1.807, 2.05) is 59.7 Å². The highest BCUT2D eigenvalue weighted by molar-refractivity contribution is 6.00. The molecule has 0 aliphatic rings. The van der Waals surface area contributed by atoms with Crippen LogP contribution in [0, 0.1) is 17.3 Å². The molecule has 0 aliphatic heterocycles. The first-order chi connectivity index (χ1) is 15.1. The first-order valence-electron chi connectivity index (χ1n) is 11.7. The third kappa shape index (κ3) is 10.8. The number of ether oxygens (including phenoxy) is 3. The molecule has 0 spiro atoms. The van der Waals surface area contributed by atoms with Crippen molar-refractivity contribution in [2.75, 3.05) is 19.8 Å². The van der Waals surface area contributed by atoms with E-state index in [1.54, 1.807) is 19.1 Å². The minimum Gasteiger partial charge on any atom is -0.465 e. The Balaban J connectivity index is 0.000000726. The van der Waals surface area contributed by atoms with Crippen molar-refractivity contribution in [3.63, 3.8) is 0 Å². The molecule has 0 aromatic heterocycles. The maximum absolute atomic E-state index is 12.6. The van der Waals surface area contributed by atoms with Gasteiger partial charge in [-0.05, 0) is 56.6 Å². The molecule has 1 aromatic rings. The van der Waals surface area contributed by atoms with Gasteiger partial charge in [-0.1, -0.05) is 59.7 Å². The van der Waals surface area contributed by atoms with Gasteiger partial charge >= 0.3 is 17.9 Å². The van der Waals surface area contributed by atoms with E-state index >= 15 is 0 Å². The Morgan fingerprint density at radius 1 is 0.750 bits per heavy atom. The standard InChI is InChI=1S/C17H32O4.C9H10O2/c1-7-9-20-15(18)17(11-13(3)4,12-14(5)6)16(19)21-10-8-2;1-2-11-9(10)8-6-4-3-5-7-8/h13-14H,7-12H2,1-6H3;3-7H,2H2,1H3. The Morgan fingerprint density at radius 3 is 1.53 bits per heavy atom. The molecule has 6 heteroatoms. The van der Waals surface area contributed by atoms with Crippen LogP contribution in [0.1, 0.15) is 84.5 Å². The number of hydrogen-bond donors (Lipinski definition) is 0. The van der Waals surface area contributed by atoms with E-state index in [4.69, 9.17) is 14.2 Å². The zero-order chi connectivity index (χ0) is 24.6. The summed E-state index contributed by atoms with van der Waals surface area (Å²) in [6, 6.07) is 8.96. The molecule has 0 saturated heterocycles. The third-order valence-electron chi connectivity index (χ3n) is 4.45. The molecule has 32 heavy (non-hydrogen) atoms. The second-order valence-electron chi connectivity index (χ2n) is 8.64. The quantitative estimate of drug-likeness (QED) is 0.226. The van der Waals surface area contributed by atoms with Crippen molar-refractivity contribution in [3.05, 3.63) is 35.9 Å². The topological polar surface area (TPSA) is 78.9 Å². The second-order valence-corrected chi connectivity index (χ2v) is 8.64. The number of benzene rings is 1. The van der Waals surface area contributed by atoms with Crippen molar-refractivity contribution >= 4 is 17.9 Å². The van der Waals surface area contributed by atoms with Gasteiger partial charge < -0.3 is 14.2 Å². The van der Waals surface area contributed by atoms with Gasteiger partial charge in [0.1, 0.15) is 0 Å². The summed E-state index contributed by atoms with van der Waals surface area (Å²) < 4.78 is 15.4. The van der Waals surface area contributed by atoms with Crippen LogP contribution in [0.5, 0.6) is 0 Å². The van der Waals surface area contributed by atoms with Gasteiger partial charge in [-0.2, -0.15) is 0 Å². The average Bonchev–Trinajstić information content (AvgIpc) is 2.75. The number of carbonyl (C=O) groups excluding carboxylic acids is 3. The lowest BCUT2D eigenvalue weighted by atomic mass is 9.74. The van der Waals surface area contributed by atoms with Gasteiger partial charge in [0.05, 0.1) is 25.4 Å². The predicted octanol–water partition coefficient (Wildman–Crippen LogP) is 5.83. The van der Waals surface area contributed by atoms with Crippen LogP contribution in [0.15, 0.2) is 30.3 Å². The summed E-state index contributed by atoms with van der Waals surface area (Å²) >= 11 is 0. The van der Waals surface area contributed by atoms with Gasteiger partial charge in [-0.3, -0.25) is 9.59 Å². The molecule has 182 valence electrons. The number of rotatable bonds is 12. The smallest absolute Gasteiger partial charge is 0.338 e. The van der Waals surface area contributed by atoms with Gasteiger partial charge in [-0.25, -0.2) is 4.79 Å². The molecule has 0 aliphatic carbocycles. The van der Waals surface area contributed by atoms with Crippen LogP contribution >= 0.6 is 0 Å². The molecule has 0 fully saturated rings. The summed E-state index contributed by atoms with van der Waals surface area (Å²) in [7, 11) is 0.